The summed E-state index contributed by atoms with van der Waals surface area (Å²) in [6, 6.07) is 5.41. The Labute approximate surface area is 116 Å². The zero-order valence-electron chi connectivity index (χ0n) is 10.6. The van der Waals surface area contributed by atoms with E-state index in [2.05, 4.69) is 25.8 Å². The molecule has 3 rings (SSSR count). The van der Waals surface area contributed by atoms with Crippen LogP contribution in [-0.4, -0.2) is 23.1 Å². The van der Waals surface area contributed by atoms with E-state index in [-0.39, 0.29) is 0 Å². The minimum Gasteiger partial charge on any atom is -0.488 e. The summed E-state index contributed by atoms with van der Waals surface area (Å²) < 4.78 is 5.60. The molecule has 0 radical (unpaired) electrons. The van der Waals surface area contributed by atoms with Crippen LogP contribution in [0.15, 0.2) is 24.7 Å². The van der Waals surface area contributed by atoms with Gasteiger partial charge >= 0.3 is 0 Å². The Hall–Kier alpha value is -2.99. The van der Waals surface area contributed by atoms with Crippen LogP contribution in [0.1, 0.15) is 11.3 Å². The summed E-state index contributed by atoms with van der Waals surface area (Å²) in [4.78, 5) is 12.6. The third kappa shape index (κ3) is 2.04. The molecular formula is C14H11N5O. The summed E-state index contributed by atoms with van der Waals surface area (Å²) in [6.45, 7) is 8.97. The molecule has 1 aliphatic rings. The Morgan fingerprint density at radius 3 is 3.15 bits per heavy atom. The molecule has 0 saturated heterocycles. The molecule has 1 N–H and O–H groups in total. The molecule has 2 heterocycles. The van der Waals surface area contributed by atoms with Gasteiger partial charge in [-0.2, -0.15) is 5.26 Å². The van der Waals surface area contributed by atoms with Gasteiger partial charge in [0.2, 0.25) is 0 Å². The summed E-state index contributed by atoms with van der Waals surface area (Å²) in [5.41, 5.74) is 2.53. The minimum atomic E-state index is 0.403. The number of ether oxygens (including phenoxy) is 1. The lowest BCUT2D eigenvalue weighted by atomic mass is 10.1. The average Bonchev–Trinajstić information content (AvgIpc) is 2.99. The van der Waals surface area contributed by atoms with Crippen molar-refractivity contribution >= 4 is 11.4 Å². The fraction of sp³-hybridized carbons (Fsp3) is 0.214. The van der Waals surface area contributed by atoms with Gasteiger partial charge in [0.15, 0.2) is 11.4 Å². The number of hydrogen-bond acceptors (Lipinski definition) is 4. The molecule has 0 amide bonds. The Kier molecular flexibility index (Phi) is 2.98. The fourth-order valence-electron chi connectivity index (χ4n) is 2.25. The number of anilines is 1. The van der Waals surface area contributed by atoms with Crippen molar-refractivity contribution in [1.29, 1.82) is 5.26 Å². The van der Waals surface area contributed by atoms with Crippen molar-refractivity contribution in [2.24, 2.45) is 0 Å². The monoisotopic (exact) mass is 265 g/mol. The molecule has 1 aromatic carbocycles. The first-order chi connectivity index (χ1) is 9.81. The molecule has 0 unspecified atom stereocenters. The molecule has 6 nitrogen and oxygen atoms in total. The minimum absolute atomic E-state index is 0.403. The largest absolute Gasteiger partial charge is 0.488 e. The normalized spacial score (nSPS) is 13.0. The smallest absolute Gasteiger partial charge is 0.190 e. The van der Waals surface area contributed by atoms with Crippen LogP contribution >= 0.6 is 0 Å². The molecule has 0 spiro atoms. The summed E-state index contributed by atoms with van der Waals surface area (Å²) in [7, 11) is 0. The molecule has 2 aromatic rings. The molecule has 0 atom stereocenters. The molecular weight excluding hydrogens is 254 g/mol. The van der Waals surface area contributed by atoms with Crippen molar-refractivity contribution < 1.29 is 4.74 Å². The van der Waals surface area contributed by atoms with Gasteiger partial charge in [-0.25, -0.2) is 9.83 Å². The Morgan fingerprint density at radius 1 is 1.55 bits per heavy atom. The zero-order valence-corrected chi connectivity index (χ0v) is 10.6. The van der Waals surface area contributed by atoms with E-state index in [1.54, 1.807) is 18.5 Å². The molecule has 0 saturated carbocycles. The third-order valence-electron chi connectivity index (χ3n) is 3.16. The van der Waals surface area contributed by atoms with E-state index in [9.17, 15) is 5.26 Å². The number of benzene rings is 1. The second-order valence-corrected chi connectivity index (χ2v) is 4.40. The van der Waals surface area contributed by atoms with Crippen molar-refractivity contribution in [2.75, 3.05) is 18.1 Å². The van der Waals surface area contributed by atoms with Gasteiger partial charge in [0.1, 0.15) is 12.7 Å². The van der Waals surface area contributed by atoms with E-state index < -0.39 is 0 Å². The second kappa shape index (κ2) is 4.94. The van der Waals surface area contributed by atoms with E-state index in [4.69, 9.17) is 11.3 Å². The summed E-state index contributed by atoms with van der Waals surface area (Å²) in [6.07, 6.45) is 3.46. The molecule has 0 bridgehead atoms. The number of rotatable bonds is 2. The van der Waals surface area contributed by atoms with Crippen LogP contribution in [0.2, 0.25) is 0 Å². The van der Waals surface area contributed by atoms with Crippen LogP contribution in [0.5, 0.6) is 5.75 Å². The van der Waals surface area contributed by atoms with Crippen LogP contribution in [-0.2, 0) is 6.54 Å². The molecule has 1 aliphatic heterocycles. The van der Waals surface area contributed by atoms with Gasteiger partial charge in [-0.1, -0.05) is 0 Å². The van der Waals surface area contributed by atoms with Gasteiger partial charge in [-0.3, -0.25) is 0 Å². The number of hydrogen-bond donors (Lipinski definition) is 1. The maximum Gasteiger partial charge on any atom is 0.190 e. The highest BCUT2D eigenvalue weighted by molar-refractivity contribution is 5.73. The van der Waals surface area contributed by atoms with Gasteiger partial charge in [-0.05, 0) is 12.1 Å². The van der Waals surface area contributed by atoms with Crippen molar-refractivity contribution in [3.05, 3.63) is 47.3 Å². The van der Waals surface area contributed by atoms with Gasteiger partial charge < -0.3 is 14.6 Å². The van der Waals surface area contributed by atoms with E-state index in [1.165, 1.54) is 0 Å². The number of nitrogens with one attached hydrogen (secondary N) is 1. The van der Waals surface area contributed by atoms with E-state index in [1.807, 2.05) is 6.20 Å². The number of imidazole rings is 1. The third-order valence-corrected chi connectivity index (χ3v) is 3.16. The summed E-state index contributed by atoms with van der Waals surface area (Å²) >= 11 is 0. The number of aromatic amines is 1. The number of nitrogens with zero attached hydrogens (tertiary/aromatic N) is 4. The lowest BCUT2D eigenvalue weighted by molar-refractivity contribution is 0.306. The molecule has 0 aliphatic carbocycles. The maximum atomic E-state index is 9.19. The molecule has 0 fully saturated rings. The maximum absolute atomic E-state index is 9.19. The molecule has 6 heteroatoms. The summed E-state index contributed by atoms with van der Waals surface area (Å²) in [5.74, 6) is 0.557. The quantitative estimate of drug-likeness (QED) is 0.845. The number of H-pyrrole nitrogens is 1. The topological polar surface area (TPSA) is 69.3 Å². The Morgan fingerprint density at radius 2 is 2.45 bits per heavy atom. The van der Waals surface area contributed by atoms with Crippen LogP contribution < -0.4 is 9.64 Å². The van der Waals surface area contributed by atoms with E-state index in [0.29, 0.717) is 36.7 Å². The first-order valence-corrected chi connectivity index (χ1v) is 6.13. The number of aromatic nitrogens is 2. The summed E-state index contributed by atoms with van der Waals surface area (Å²) in [5, 5.41) is 9.19. The second-order valence-electron chi connectivity index (χ2n) is 4.40. The van der Waals surface area contributed by atoms with Crippen LogP contribution in [0, 0.1) is 17.9 Å². The van der Waals surface area contributed by atoms with Gasteiger partial charge in [0.25, 0.3) is 0 Å². The van der Waals surface area contributed by atoms with Crippen molar-refractivity contribution in [3.8, 4) is 11.8 Å². The lowest BCUT2D eigenvalue weighted by Gasteiger charge is -2.31. The van der Waals surface area contributed by atoms with Crippen molar-refractivity contribution in [1.82, 2.24) is 9.97 Å². The fourth-order valence-corrected chi connectivity index (χ4v) is 2.25. The van der Waals surface area contributed by atoms with Gasteiger partial charge in [0.05, 0.1) is 42.9 Å². The van der Waals surface area contributed by atoms with Crippen LogP contribution in [0.4, 0.5) is 11.4 Å². The highest BCUT2D eigenvalue weighted by Gasteiger charge is 2.22. The van der Waals surface area contributed by atoms with Crippen LogP contribution in [0.25, 0.3) is 4.85 Å². The zero-order chi connectivity index (χ0) is 13.9. The Bertz CT molecular complexity index is 708. The van der Waals surface area contributed by atoms with Gasteiger partial charge in [-0.15, -0.1) is 0 Å². The molecule has 1 aromatic heterocycles. The number of nitriles is 1. The highest BCUT2D eigenvalue weighted by atomic mass is 16.5. The number of fused-ring (bicyclic) bond motifs is 1. The molecule has 20 heavy (non-hydrogen) atoms. The van der Waals surface area contributed by atoms with E-state index >= 15 is 0 Å². The molecule has 98 valence electrons. The highest BCUT2D eigenvalue weighted by Crippen LogP contribution is 2.39. The first kappa shape index (κ1) is 12.1. The SMILES string of the molecule is [C-]#[N+]c1cc(C#N)c2c(c1)N(Cc1c[nH]cn1)CCO2. The van der Waals surface area contributed by atoms with Crippen LogP contribution in [0.3, 0.4) is 0 Å². The predicted molar refractivity (Wildman–Crippen MR) is 72.6 cm³/mol. The van der Waals surface area contributed by atoms with Crippen molar-refractivity contribution in [2.45, 2.75) is 6.54 Å². The van der Waals surface area contributed by atoms with Crippen molar-refractivity contribution in [3.63, 3.8) is 0 Å². The van der Waals surface area contributed by atoms with Gasteiger partial charge in [0, 0.05) is 6.20 Å². The Balaban J connectivity index is 2.03. The lowest BCUT2D eigenvalue weighted by Crippen LogP contribution is -2.32. The first-order valence-electron chi connectivity index (χ1n) is 6.13. The van der Waals surface area contributed by atoms with E-state index in [0.717, 1.165) is 11.4 Å². The standard InChI is InChI=1S/C14H11N5O/c1-16-11-4-10(6-15)14-13(5-11)19(2-3-20-14)8-12-7-17-9-18-12/h4-5,7,9H,2-3,8H2,(H,17,18). The average molecular weight is 265 g/mol. The predicted octanol–water partition coefficient (Wildman–Crippen LogP) is 2.23.